The molecule has 4 nitrogen and oxygen atoms in total. The molecule has 5 rings (SSSR count). The van der Waals surface area contributed by atoms with E-state index in [-0.39, 0.29) is 11.5 Å². The van der Waals surface area contributed by atoms with Crippen molar-refractivity contribution in [3.8, 4) is 5.75 Å². The summed E-state index contributed by atoms with van der Waals surface area (Å²) in [5, 5.41) is 3.68. The summed E-state index contributed by atoms with van der Waals surface area (Å²) in [6, 6.07) is 17.2. The Morgan fingerprint density at radius 1 is 1.12 bits per heavy atom. The normalized spacial score (nSPS) is 29.4. The molecular formula is C22H24N2O2. The molecule has 1 saturated heterocycles. The quantitative estimate of drug-likeness (QED) is 0.900. The Morgan fingerprint density at radius 2 is 1.92 bits per heavy atom. The van der Waals surface area contributed by atoms with E-state index in [9.17, 15) is 4.79 Å². The van der Waals surface area contributed by atoms with Crippen molar-refractivity contribution in [2.75, 3.05) is 30.4 Å². The first-order chi connectivity index (χ1) is 12.7. The number of anilines is 2. The largest absolute Gasteiger partial charge is 0.497 e. The highest BCUT2D eigenvalue weighted by Gasteiger charge is 2.57. The van der Waals surface area contributed by atoms with Crippen LogP contribution in [0.3, 0.4) is 0 Å². The maximum atomic E-state index is 12.4. The molecule has 0 unspecified atom stereocenters. The van der Waals surface area contributed by atoms with Crippen LogP contribution in [0.25, 0.3) is 0 Å². The van der Waals surface area contributed by atoms with Crippen molar-refractivity contribution in [3.05, 3.63) is 54.1 Å². The summed E-state index contributed by atoms with van der Waals surface area (Å²) in [4.78, 5) is 14.9. The van der Waals surface area contributed by atoms with Gasteiger partial charge in [0.25, 0.3) is 0 Å². The van der Waals surface area contributed by atoms with Gasteiger partial charge in [0.1, 0.15) is 11.5 Å². The molecule has 134 valence electrons. The number of rotatable bonds is 2. The number of ketones is 1. The molecule has 2 aromatic carbocycles. The molecule has 1 N–H and O–H groups in total. The van der Waals surface area contributed by atoms with Crippen molar-refractivity contribution in [1.82, 2.24) is 0 Å². The van der Waals surface area contributed by atoms with E-state index in [2.05, 4.69) is 46.6 Å². The van der Waals surface area contributed by atoms with E-state index in [0.29, 0.717) is 18.1 Å². The Hall–Kier alpha value is -2.49. The molecule has 26 heavy (non-hydrogen) atoms. The van der Waals surface area contributed by atoms with Crippen LogP contribution in [0.1, 0.15) is 24.8 Å². The van der Waals surface area contributed by atoms with Crippen molar-refractivity contribution in [2.45, 2.75) is 30.7 Å². The third-order valence-corrected chi connectivity index (χ3v) is 6.65. The first-order valence-electron chi connectivity index (χ1n) is 9.47. The highest BCUT2D eigenvalue weighted by atomic mass is 16.5. The Bertz CT molecular complexity index is 835. The molecule has 3 atom stereocenters. The fourth-order valence-electron chi connectivity index (χ4n) is 5.43. The summed E-state index contributed by atoms with van der Waals surface area (Å²) in [7, 11) is 1.70. The van der Waals surface area contributed by atoms with Gasteiger partial charge in [-0.25, -0.2) is 0 Å². The predicted molar refractivity (Wildman–Crippen MR) is 103 cm³/mol. The molecule has 0 amide bonds. The third-order valence-electron chi connectivity index (χ3n) is 6.65. The van der Waals surface area contributed by atoms with E-state index in [1.807, 2.05) is 12.1 Å². The van der Waals surface area contributed by atoms with E-state index >= 15 is 0 Å². The monoisotopic (exact) mass is 348 g/mol. The average Bonchev–Trinajstić information content (AvgIpc) is 2.99. The molecule has 0 bridgehead atoms. The second-order valence-corrected chi connectivity index (χ2v) is 7.83. The van der Waals surface area contributed by atoms with Crippen molar-refractivity contribution < 1.29 is 9.53 Å². The highest BCUT2D eigenvalue weighted by molar-refractivity contribution is 5.84. The van der Waals surface area contributed by atoms with Crippen LogP contribution in [0, 0.1) is 5.92 Å². The van der Waals surface area contributed by atoms with Gasteiger partial charge in [-0.15, -0.1) is 0 Å². The lowest BCUT2D eigenvalue weighted by molar-refractivity contribution is -0.123. The van der Waals surface area contributed by atoms with Gasteiger partial charge in [0.05, 0.1) is 7.11 Å². The third kappa shape index (κ3) is 2.17. The number of benzene rings is 2. The Labute approximate surface area is 154 Å². The van der Waals surface area contributed by atoms with E-state index in [1.54, 1.807) is 7.11 Å². The summed E-state index contributed by atoms with van der Waals surface area (Å²) in [6.07, 6.45) is 2.43. The number of ether oxygens (including phenoxy) is 1. The Morgan fingerprint density at radius 3 is 2.73 bits per heavy atom. The zero-order chi connectivity index (χ0) is 17.7. The minimum Gasteiger partial charge on any atom is -0.497 e. The van der Waals surface area contributed by atoms with E-state index in [1.165, 1.54) is 16.9 Å². The lowest BCUT2D eigenvalue weighted by atomic mass is 9.58. The van der Waals surface area contributed by atoms with Gasteiger partial charge in [-0.05, 0) is 48.2 Å². The Kier molecular flexibility index (Phi) is 3.49. The number of hydrogen-bond acceptors (Lipinski definition) is 4. The number of para-hydroxylation sites is 1. The molecule has 0 aromatic heterocycles. The fraction of sp³-hybridized carbons (Fsp3) is 0.409. The maximum Gasteiger partial charge on any atom is 0.135 e. The van der Waals surface area contributed by atoms with E-state index < -0.39 is 0 Å². The number of nitrogens with zero attached hydrogens (tertiary/aromatic N) is 1. The van der Waals surface area contributed by atoms with Crippen LogP contribution in [-0.2, 0) is 10.2 Å². The standard InChI is InChI=1S/C22H24N2O2/c1-26-18-8-6-16(7-9-18)24-11-10-15-12-17(25)13-21-22(15,14-24)19-4-2-3-5-20(19)23-21/h2-9,15,21,23H,10-14H2,1H3/t15-,21+,22+/m1/s1. The SMILES string of the molecule is COc1ccc(N2CC[C@@H]3CC(=O)C[C@@H]4Nc5ccccc5[C@]34C2)cc1. The van der Waals surface area contributed by atoms with Crippen LogP contribution in [0.15, 0.2) is 48.5 Å². The van der Waals surface area contributed by atoms with Gasteiger partial charge in [0, 0.05) is 48.8 Å². The van der Waals surface area contributed by atoms with Gasteiger partial charge in [-0.3, -0.25) is 4.79 Å². The molecule has 1 aliphatic carbocycles. The number of nitrogens with one attached hydrogen (secondary N) is 1. The molecule has 2 fully saturated rings. The maximum absolute atomic E-state index is 12.4. The van der Waals surface area contributed by atoms with E-state index in [4.69, 9.17) is 4.74 Å². The minimum absolute atomic E-state index is 0.0304. The predicted octanol–water partition coefficient (Wildman–Crippen LogP) is 3.62. The van der Waals surface area contributed by atoms with Crippen molar-refractivity contribution in [2.24, 2.45) is 5.92 Å². The van der Waals surface area contributed by atoms with Crippen molar-refractivity contribution in [1.29, 1.82) is 0 Å². The summed E-state index contributed by atoms with van der Waals surface area (Å²) in [6.45, 7) is 1.97. The lowest BCUT2D eigenvalue weighted by Gasteiger charge is -2.52. The number of Topliss-reactive ketones (excluding diaryl/α,β-unsaturated/α-hetero) is 1. The molecule has 2 aliphatic heterocycles. The van der Waals surface area contributed by atoms with Crippen molar-refractivity contribution >= 4 is 17.2 Å². The number of fused-ring (bicyclic) bond motifs is 1. The summed E-state index contributed by atoms with van der Waals surface area (Å²) in [5.74, 6) is 1.73. The van der Waals surface area contributed by atoms with E-state index in [0.717, 1.165) is 31.7 Å². The molecule has 0 radical (unpaired) electrons. The number of hydrogen-bond donors (Lipinski definition) is 1. The second-order valence-electron chi connectivity index (χ2n) is 7.83. The van der Waals surface area contributed by atoms with Crippen LogP contribution in [0.5, 0.6) is 5.75 Å². The molecular weight excluding hydrogens is 324 g/mol. The molecule has 2 heterocycles. The summed E-state index contributed by atoms with van der Waals surface area (Å²) >= 11 is 0. The summed E-state index contributed by atoms with van der Waals surface area (Å²) in [5.41, 5.74) is 3.89. The molecule has 3 aliphatic rings. The number of carbonyl (C=O) groups excluding carboxylic acids is 1. The highest BCUT2D eigenvalue weighted by Crippen LogP contribution is 2.54. The van der Waals surface area contributed by atoms with Gasteiger partial charge in [-0.1, -0.05) is 18.2 Å². The van der Waals surface area contributed by atoms with Gasteiger partial charge in [0.15, 0.2) is 0 Å². The van der Waals surface area contributed by atoms with Crippen LogP contribution in [0.2, 0.25) is 0 Å². The topological polar surface area (TPSA) is 41.6 Å². The van der Waals surface area contributed by atoms with Gasteiger partial charge in [0.2, 0.25) is 0 Å². The van der Waals surface area contributed by atoms with Gasteiger partial charge < -0.3 is 15.0 Å². The fourth-order valence-corrected chi connectivity index (χ4v) is 5.43. The minimum atomic E-state index is 0.0304. The average molecular weight is 348 g/mol. The lowest BCUT2D eigenvalue weighted by Crippen LogP contribution is -2.60. The summed E-state index contributed by atoms with van der Waals surface area (Å²) < 4.78 is 5.30. The molecule has 2 aromatic rings. The number of methoxy groups -OCH3 is 1. The number of piperidine rings is 1. The molecule has 1 saturated carbocycles. The van der Waals surface area contributed by atoms with Crippen LogP contribution in [-0.4, -0.2) is 32.0 Å². The zero-order valence-corrected chi connectivity index (χ0v) is 15.1. The van der Waals surface area contributed by atoms with Crippen molar-refractivity contribution in [3.63, 3.8) is 0 Å². The van der Waals surface area contributed by atoms with Crippen LogP contribution in [0.4, 0.5) is 11.4 Å². The zero-order valence-electron chi connectivity index (χ0n) is 15.1. The second kappa shape index (κ2) is 5.76. The first kappa shape index (κ1) is 15.7. The molecule has 1 spiro atoms. The van der Waals surface area contributed by atoms with Gasteiger partial charge in [-0.2, -0.15) is 0 Å². The van der Waals surface area contributed by atoms with Crippen LogP contribution < -0.4 is 15.0 Å². The number of carbonyl (C=O) groups is 1. The Balaban J connectivity index is 1.55. The molecule has 4 heteroatoms. The van der Waals surface area contributed by atoms with Crippen LogP contribution >= 0.6 is 0 Å². The smallest absolute Gasteiger partial charge is 0.135 e. The van der Waals surface area contributed by atoms with Gasteiger partial charge >= 0.3 is 0 Å². The first-order valence-corrected chi connectivity index (χ1v) is 9.47.